The van der Waals surface area contributed by atoms with Crippen LogP contribution in [0.1, 0.15) is 17.5 Å². The van der Waals surface area contributed by atoms with Gasteiger partial charge < -0.3 is 9.64 Å². The van der Waals surface area contributed by atoms with Gasteiger partial charge in [-0.15, -0.1) is 0 Å². The van der Waals surface area contributed by atoms with E-state index in [0.29, 0.717) is 18.7 Å². The normalized spacial score (nSPS) is 19.3. The Bertz CT molecular complexity index is 719. The SMILES string of the molecule is O=C([C@H]1Cc2ccccc2O1)N1CCCc2cccc(F)c21. The van der Waals surface area contributed by atoms with Crippen LogP contribution in [0, 0.1) is 5.82 Å². The molecule has 2 heterocycles. The van der Waals surface area contributed by atoms with Crippen molar-refractivity contribution < 1.29 is 13.9 Å². The number of nitrogens with zero attached hydrogens (tertiary/aromatic N) is 1. The third-order valence-electron chi connectivity index (χ3n) is 4.36. The van der Waals surface area contributed by atoms with Crippen molar-refractivity contribution in [3.63, 3.8) is 0 Å². The third kappa shape index (κ3) is 2.06. The Hall–Kier alpha value is -2.36. The first-order valence-electron chi connectivity index (χ1n) is 7.57. The Morgan fingerprint density at radius 3 is 2.82 bits per heavy atom. The quantitative estimate of drug-likeness (QED) is 0.809. The van der Waals surface area contributed by atoms with Crippen LogP contribution in [-0.4, -0.2) is 18.6 Å². The van der Waals surface area contributed by atoms with Gasteiger partial charge in [0.1, 0.15) is 11.6 Å². The van der Waals surface area contributed by atoms with Gasteiger partial charge in [0.2, 0.25) is 0 Å². The van der Waals surface area contributed by atoms with E-state index >= 15 is 0 Å². The summed E-state index contributed by atoms with van der Waals surface area (Å²) in [5.74, 6) is 0.273. The van der Waals surface area contributed by atoms with Crippen molar-refractivity contribution in [3.8, 4) is 5.75 Å². The van der Waals surface area contributed by atoms with E-state index in [1.165, 1.54) is 6.07 Å². The number of fused-ring (bicyclic) bond motifs is 2. The molecule has 2 aliphatic heterocycles. The first kappa shape index (κ1) is 13.3. The van der Waals surface area contributed by atoms with Gasteiger partial charge in [-0.3, -0.25) is 4.79 Å². The van der Waals surface area contributed by atoms with Crippen LogP contribution in [0.3, 0.4) is 0 Å². The minimum absolute atomic E-state index is 0.151. The van der Waals surface area contributed by atoms with E-state index in [1.807, 2.05) is 30.3 Å². The molecule has 0 spiro atoms. The molecular weight excluding hydrogens is 281 g/mol. The van der Waals surface area contributed by atoms with Crippen molar-refractivity contribution in [2.24, 2.45) is 0 Å². The molecule has 112 valence electrons. The number of amides is 1. The van der Waals surface area contributed by atoms with E-state index in [9.17, 15) is 9.18 Å². The van der Waals surface area contributed by atoms with Gasteiger partial charge >= 0.3 is 0 Å². The maximum Gasteiger partial charge on any atom is 0.268 e. The number of ether oxygens (including phenoxy) is 1. The highest BCUT2D eigenvalue weighted by Crippen LogP contribution is 2.34. The first-order chi connectivity index (χ1) is 10.7. The third-order valence-corrected chi connectivity index (χ3v) is 4.36. The maximum absolute atomic E-state index is 14.2. The number of anilines is 1. The van der Waals surface area contributed by atoms with Crippen molar-refractivity contribution >= 4 is 11.6 Å². The molecule has 1 amide bonds. The van der Waals surface area contributed by atoms with Crippen LogP contribution in [-0.2, 0) is 17.6 Å². The topological polar surface area (TPSA) is 29.5 Å². The standard InChI is InChI=1S/C18H16FNO2/c19-14-8-3-6-12-7-4-10-20(17(12)14)18(21)16-11-13-5-1-2-9-15(13)22-16/h1-3,5-6,8-9,16H,4,7,10-11H2/t16-/m1/s1. The number of rotatable bonds is 1. The molecule has 4 heteroatoms. The number of aryl methyl sites for hydroxylation is 1. The fourth-order valence-electron chi connectivity index (χ4n) is 3.32. The monoisotopic (exact) mass is 297 g/mol. The zero-order valence-electron chi connectivity index (χ0n) is 12.1. The van der Waals surface area contributed by atoms with Gasteiger partial charge in [-0.25, -0.2) is 4.39 Å². The Balaban J connectivity index is 1.64. The van der Waals surface area contributed by atoms with Crippen molar-refractivity contribution in [2.45, 2.75) is 25.4 Å². The molecule has 0 unspecified atom stereocenters. The summed E-state index contributed by atoms with van der Waals surface area (Å²) in [6.45, 7) is 0.545. The number of carbonyl (C=O) groups excluding carboxylic acids is 1. The zero-order chi connectivity index (χ0) is 15.1. The molecule has 0 saturated carbocycles. The second-order valence-corrected chi connectivity index (χ2v) is 5.76. The summed E-state index contributed by atoms with van der Waals surface area (Å²) in [5, 5.41) is 0. The van der Waals surface area contributed by atoms with Crippen molar-refractivity contribution in [3.05, 3.63) is 59.4 Å². The number of para-hydroxylation sites is 2. The molecule has 0 aliphatic carbocycles. The molecule has 2 aromatic rings. The van der Waals surface area contributed by atoms with Crippen LogP contribution in [0.2, 0.25) is 0 Å². The van der Waals surface area contributed by atoms with Gasteiger partial charge in [0.05, 0.1) is 5.69 Å². The summed E-state index contributed by atoms with van der Waals surface area (Å²) in [7, 11) is 0. The molecule has 0 fully saturated rings. The number of benzene rings is 2. The second kappa shape index (κ2) is 5.13. The summed E-state index contributed by atoms with van der Waals surface area (Å²) in [6, 6.07) is 12.7. The molecule has 2 aliphatic rings. The lowest BCUT2D eigenvalue weighted by molar-refractivity contribution is -0.124. The Morgan fingerprint density at radius 1 is 1.14 bits per heavy atom. The highest BCUT2D eigenvalue weighted by molar-refractivity contribution is 5.98. The van der Waals surface area contributed by atoms with Crippen molar-refractivity contribution in [1.29, 1.82) is 0 Å². The molecule has 4 rings (SSSR count). The number of hydrogen-bond acceptors (Lipinski definition) is 2. The smallest absolute Gasteiger partial charge is 0.268 e. The molecule has 0 radical (unpaired) electrons. The predicted molar refractivity (Wildman–Crippen MR) is 81.6 cm³/mol. The lowest BCUT2D eigenvalue weighted by Gasteiger charge is -2.31. The molecular formula is C18H16FNO2. The fraction of sp³-hybridized carbons (Fsp3) is 0.278. The van der Waals surface area contributed by atoms with Gasteiger partial charge in [-0.2, -0.15) is 0 Å². The first-order valence-corrected chi connectivity index (χ1v) is 7.57. The van der Waals surface area contributed by atoms with Crippen LogP contribution in [0.4, 0.5) is 10.1 Å². The van der Waals surface area contributed by atoms with Gasteiger partial charge in [0, 0.05) is 13.0 Å². The van der Waals surface area contributed by atoms with Crippen LogP contribution >= 0.6 is 0 Å². The van der Waals surface area contributed by atoms with Crippen molar-refractivity contribution in [1.82, 2.24) is 0 Å². The number of hydrogen-bond donors (Lipinski definition) is 0. The Morgan fingerprint density at radius 2 is 1.95 bits per heavy atom. The molecule has 0 bridgehead atoms. The van der Waals surface area contributed by atoms with Gasteiger partial charge in [0.15, 0.2) is 6.10 Å². The largest absolute Gasteiger partial charge is 0.480 e. The molecule has 2 aromatic carbocycles. The summed E-state index contributed by atoms with van der Waals surface area (Å²) in [6.07, 6.45) is 1.66. The average Bonchev–Trinajstić information content (AvgIpc) is 2.98. The minimum Gasteiger partial charge on any atom is -0.480 e. The van der Waals surface area contributed by atoms with Gasteiger partial charge in [-0.05, 0) is 36.1 Å². The summed E-state index contributed by atoms with van der Waals surface area (Å²) >= 11 is 0. The maximum atomic E-state index is 14.2. The number of halogens is 1. The van der Waals surface area contributed by atoms with Gasteiger partial charge in [0.25, 0.3) is 5.91 Å². The minimum atomic E-state index is -0.553. The highest BCUT2D eigenvalue weighted by atomic mass is 19.1. The Labute approximate surface area is 128 Å². The Kier molecular flexibility index (Phi) is 3.10. The fourth-order valence-corrected chi connectivity index (χ4v) is 3.32. The summed E-state index contributed by atoms with van der Waals surface area (Å²) in [5.41, 5.74) is 2.36. The van der Waals surface area contributed by atoms with E-state index in [2.05, 4.69) is 0 Å². The molecule has 1 atom stereocenters. The van der Waals surface area contributed by atoms with Gasteiger partial charge in [-0.1, -0.05) is 30.3 Å². The van der Waals surface area contributed by atoms with Crippen LogP contribution < -0.4 is 9.64 Å². The molecule has 0 saturated heterocycles. The van der Waals surface area contributed by atoms with Crippen molar-refractivity contribution in [2.75, 3.05) is 11.4 Å². The van der Waals surface area contributed by atoms with E-state index < -0.39 is 6.10 Å². The molecule has 3 nitrogen and oxygen atoms in total. The second-order valence-electron chi connectivity index (χ2n) is 5.76. The molecule has 22 heavy (non-hydrogen) atoms. The van der Waals surface area contributed by atoms with E-state index in [4.69, 9.17) is 4.74 Å². The number of carbonyl (C=O) groups is 1. The highest BCUT2D eigenvalue weighted by Gasteiger charge is 2.35. The lowest BCUT2D eigenvalue weighted by atomic mass is 10.00. The van der Waals surface area contributed by atoms with E-state index in [1.54, 1.807) is 11.0 Å². The summed E-state index contributed by atoms with van der Waals surface area (Å²) < 4.78 is 20.0. The average molecular weight is 297 g/mol. The van der Waals surface area contributed by atoms with Crippen LogP contribution in [0.5, 0.6) is 5.75 Å². The summed E-state index contributed by atoms with van der Waals surface area (Å²) in [4.78, 5) is 14.4. The van der Waals surface area contributed by atoms with Crippen LogP contribution in [0.15, 0.2) is 42.5 Å². The van der Waals surface area contributed by atoms with E-state index in [0.717, 1.165) is 29.7 Å². The molecule has 0 N–H and O–H groups in total. The van der Waals surface area contributed by atoms with Crippen LogP contribution in [0.25, 0.3) is 0 Å². The predicted octanol–water partition coefficient (Wildman–Crippen LogP) is 3.11. The lowest BCUT2D eigenvalue weighted by Crippen LogP contribution is -2.44. The van der Waals surface area contributed by atoms with E-state index in [-0.39, 0.29) is 11.7 Å². The zero-order valence-corrected chi connectivity index (χ0v) is 12.1. The molecule has 0 aromatic heterocycles.